The molecular formula is C18H24N2O. The van der Waals surface area contributed by atoms with Crippen LogP contribution in [0.15, 0.2) is 42.5 Å². The topological polar surface area (TPSA) is 47.3 Å². The van der Waals surface area contributed by atoms with E-state index in [9.17, 15) is 0 Å². The zero-order chi connectivity index (χ0) is 15.2. The number of hydrogen-bond donors (Lipinski definition) is 2. The van der Waals surface area contributed by atoms with Crippen molar-refractivity contribution in [2.75, 3.05) is 6.61 Å². The fraction of sp³-hybridized carbons (Fsp3) is 0.333. The minimum Gasteiger partial charge on any atom is -0.493 e. The van der Waals surface area contributed by atoms with Crippen molar-refractivity contribution in [3.63, 3.8) is 0 Å². The van der Waals surface area contributed by atoms with E-state index >= 15 is 0 Å². The van der Waals surface area contributed by atoms with Crippen molar-refractivity contribution in [3.05, 3.63) is 64.7 Å². The standard InChI is InChI=1S/C18H24N2O/c1-4-9-21-17-8-6-5-7-16(17)18(20-19)15-11-13(2)10-14(3)12-15/h5-8,10-12,18,20H,4,9,19H2,1-3H3. The predicted octanol–water partition coefficient (Wildman–Crippen LogP) is 3.64. The third-order valence-corrected chi connectivity index (χ3v) is 3.44. The monoisotopic (exact) mass is 284 g/mol. The van der Waals surface area contributed by atoms with E-state index < -0.39 is 0 Å². The molecule has 0 bridgehead atoms. The first kappa shape index (κ1) is 15.5. The van der Waals surface area contributed by atoms with Crippen molar-refractivity contribution in [2.45, 2.75) is 33.2 Å². The highest BCUT2D eigenvalue weighted by atomic mass is 16.5. The SMILES string of the molecule is CCCOc1ccccc1C(NN)c1cc(C)cc(C)c1. The number of rotatable bonds is 6. The van der Waals surface area contributed by atoms with E-state index in [1.54, 1.807) is 0 Å². The molecule has 0 spiro atoms. The largest absolute Gasteiger partial charge is 0.493 e. The Morgan fingerprint density at radius 3 is 2.38 bits per heavy atom. The summed E-state index contributed by atoms with van der Waals surface area (Å²) < 4.78 is 5.86. The van der Waals surface area contributed by atoms with Gasteiger partial charge in [0.25, 0.3) is 0 Å². The van der Waals surface area contributed by atoms with Crippen molar-refractivity contribution in [1.29, 1.82) is 0 Å². The quantitative estimate of drug-likeness (QED) is 0.629. The summed E-state index contributed by atoms with van der Waals surface area (Å²) in [5, 5.41) is 0. The highest BCUT2D eigenvalue weighted by Gasteiger charge is 2.17. The van der Waals surface area contributed by atoms with Crippen LogP contribution in [0.25, 0.3) is 0 Å². The van der Waals surface area contributed by atoms with Crippen molar-refractivity contribution in [2.24, 2.45) is 5.84 Å². The molecule has 0 fully saturated rings. The molecule has 3 N–H and O–H groups in total. The van der Waals surface area contributed by atoms with Gasteiger partial charge in [-0.15, -0.1) is 0 Å². The highest BCUT2D eigenvalue weighted by molar-refractivity contribution is 5.43. The Bertz CT molecular complexity index is 575. The molecule has 2 rings (SSSR count). The molecular weight excluding hydrogens is 260 g/mol. The van der Waals surface area contributed by atoms with Crippen LogP contribution in [-0.4, -0.2) is 6.61 Å². The second-order valence-corrected chi connectivity index (χ2v) is 5.41. The minimum atomic E-state index is -0.0725. The van der Waals surface area contributed by atoms with Gasteiger partial charge in [-0.05, 0) is 31.9 Å². The number of hydrazine groups is 1. The van der Waals surface area contributed by atoms with Crippen LogP contribution in [-0.2, 0) is 0 Å². The van der Waals surface area contributed by atoms with Gasteiger partial charge in [0.1, 0.15) is 5.75 Å². The van der Waals surface area contributed by atoms with Gasteiger partial charge in [-0.25, -0.2) is 5.43 Å². The van der Waals surface area contributed by atoms with E-state index in [-0.39, 0.29) is 6.04 Å². The molecule has 0 heterocycles. The Morgan fingerprint density at radius 2 is 1.76 bits per heavy atom. The molecule has 0 radical (unpaired) electrons. The highest BCUT2D eigenvalue weighted by Crippen LogP contribution is 2.30. The number of para-hydroxylation sites is 1. The molecule has 2 aromatic carbocycles. The van der Waals surface area contributed by atoms with Gasteiger partial charge in [0.15, 0.2) is 0 Å². The summed E-state index contributed by atoms with van der Waals surface area (Å²) in [5.41, 5.74) is 7.62. The van der Waals surface area contributed by atoms with Gasteiger partial charge < -0.3 is 4.74 Å². The smallest absolute Gasteiger partial charge is 0.124 e. The van der Waals surface area contributed by atoms with Crippen LogP contribution < -0.4 is 16.0 Å². The zero-order valence-corrected chi connectivity index (χ0v) is 13.0. The van der Waals surface area contributed by atoms with E-state index in [0.717, 1.165) is 23.3 Å². The number of nitrogens with two attached hydrogens (primary N) is 1. The van der Waals surface area contributed by atoms with Gasteiger partial charge in [0.2, 0.25) is 0 Å². The molecule has 1 atom stereocenters. The normalized spacial score (nSPS) is 12.2. The Balaban J connectivity index is 2.41. The summed E-state index contributed by atoms with van der Waals surface area (Å²) in [7, 11) is 0. The van der Waals surface area contributed by atoms with Crippen LogP contribution in [0.2, 0.25) is 0 Å². The first-order chi connectivity index (χ1) is 10.2. The summed E-state index contributed by atoms with van der Waals surface area (Å²) in [5.74, 6) is 6.72. The summed E-state index contributed by atoms with van der Waals surface area (Å²) >= 11 is 0. The second kappa shape index (κ2) is 7.25. The van der Waals surface area contributed by atoms with Gasteiger partial charge in [0, 0.05) is 5.56 Å². The van der Waals surface area contributed by atoms with Gasteiger partial charge in [0.05, 0.1) is 12.6 Å². The lowest BCUT2D eigenvalue weighted by atomic mass is 9.95. The molecule has 0 saturated carbocycles. The van der Waals surface area contributed by atoms with Crippen LogP contribution in [0, 0.1) is 13.8 Å². The molecule has 0 aliphatic heterocycles. The van der Waals surface area contributed by atoms with E-state index in [0.29, 0.717) is 6.61 Å². The molecule has 0 aliphatic carbocycles. The average Bonchev–Trinajstić information content (AvgIpc) is 2.46. The molecule has 21 heavy (non-hydrogen) atoms. The molecule has 3 nitrogen and oxygen atoms in total. The summed E-state index contributed by atoms with van der Waals surface area (Å²) in [6.45, 7) is 7.01. The summed E-state index contributed by atoms with van der Waals surface area (Å²) in [6, 6.07) is 14.5. The van der Waals surface area contributed by atoms with Gasteiger partial charge >= 0.3 is 0 Å². The van der Waals surface area contributed by atoms with Gasteiger partial charge in [-0.1, -0.05) is 54.4 Å². The Hall–Kier alpha value is -1.84. The predicted molar refractivity (Wildman–Crippen MR) is 87.3 cm³/mol. The summed E-state index contributed by atoms with van der Waals surface area (Å²) in [4.78, 5) is 0. The van der Waals surface area contributed by atoms with Gasteiger partial charge in [-0.2, -0.15) is 0 Å². The lowest BCUT2D eigenvalue weighted by Crippen LogP contribution is -2.29. The molecule has 0 amide bonds. The molecule has 0 aliphatic rings. The van der Waals surface area contributed by atoms with Crippen molar-refractivity contribution in [1.82, 2.24) is 5.43 Å². The summed E-state index contributed by atoms with van der Waals surface area (Å²) in [6.07, 6.45) is 0.985. The van der Waals surface area contributed by atoms with Crippen LogP contribution >= 0.6 is 0 Å². The molecule has 112 valence electrons. The molecule has 0 saturated heterocycles. The fourth-order valence-corrected chi connectivity index (χ4v) is 2.60. The number of hydrogen-bond acceptors (Lipinski definition) is 3. The molecule has 0 aromatic heterocycles. The number of nitrogens with one attached hydrogen (secondary N) is 1. The van der Waals surface area contributed by atoms with Crippen molar-refractivity contribution >= 4 is 0 Å². The maximum absolute atomic E-state index is 5.86. The Labute approximate surface area is 127 Å². The number of ether oxygens (including phenoxy) is 1. The Kier molecular flexibility index (Phi) is 5.37. The molecule has 2 aromatic rings. The maximum atomic E-state index is 5.86. The minimum absolute atomic E-state index is 0.0725. The lowest BCUT2D eigenvalue weighted by Gasteiger charge is -2.21. The molecule has 1 unspecified atom stereocenters. The van der Waals surface area contributed by atoms with Crippen molar-refractivity contribution < 1.29 is 4.74 Å². The fourth-order valence-electron chi connectivity index (χ4n) is 2.60. The van der Waals surface area contributed by atoms with Crippen LogP contribution in [0.4, 0.5) is 0 Å². The second-order valence-electron chi connectivity index (χ2n) is 5.41. The number of benzene rings is 2. The van der Waals surface area contributed by atoms with Crippen LogP contribution in [0.1, 0.15) is 41.6 Å². The van der Waals surface area contributed by atoms with Crippen molar-refractivity contribution in [3.8, 4) is 5.75 Å². The average molecular weight is 284 g/mol. The van der Waals surface area contributed by atoms with Crippen LogP contribution in [0.5, 0.6) is 5.75 Å². The lowest BCUT2D eigenvalue weighted by molar-refractivity contribution is 0.311. The van der Waals surface area contributed by atoms with E-state index in [2.05, 4.69) is 50.5 Å². The van der Waals surface area contributed by atoms with E-state index in [1.807, 2.05) is 18.2 Å². The maximum Gasteiger partial charge on any atom is 0.124 e. The van der Waals surface area contributed by atoms with Crippen LogP contribution in [0.3, 0.4) is 0 Å². The third kappa shape index (κ3) is 3.84. The van der Waals surface area contributed by atoms with E-state index in [4.69, 9.17) is 10.6 Å². The first-order valence-electron chi connectivity index (χ1n) is 7.41. The molecule has 3 heteroatoms. The zero-order valence-electron chi connectivity index (χ0n) is 13.0. The third-order valence-electron chi connectivity index (χ3n) is 3.44. The Morgan fingerprint density at radius 1 is 1.10 bits per heavy atom. The van der Waals surface area contributed by atoms with E-state index in [1.165, 1.54) is 11.1 Å². The first-order valence-corrected chi connectivity index (χ1v) is 7.41. The number of aryl methyl sites for hydroxylation is 2. The van der Waals surface area contributed by atoms with Gasteiger partial charge in [-0.3, -0.25) is 5.84 Å².